The van der Waals surface area contributed by atoms with Gasteiger partial charge in [0, 0.05) is 25.3 Å². The first-order chi connectivity index (χ1) is 12.0. The zero-order chi connectivity index (χ0) is 18.2. The normalized spacial score (nSPS) is 11.0. The number of likely N-dealkylation sites (N-methyl/N-ethyl adjacent to an activating group) is 1. The molecule has 134 valence electrons. The van der Waals surface area contributed by atoms with Crippen molar-refractivity contribution in [1.82, 2.24) is 9.80 Å². The molecule has 0 fully saturated rings. The molecule has 25 heavy (non-hydrogen) atoms. The molecule has 0 amide bonds. The first-order valence-electron chi connectivity index (χ1n) is 8.80. The Morgan fingerprint density at radius 1 is 0.960 bits per heavy atom. The molecule has 0 bridgehead atoms. The Bertz CT molecular complexity index is 651. The van der Waals surface area contributed by atoms with E-state index in [2.05, 4.69) is 91.6 Å². The monoisotopic (exact) mass is 355 g/mol. The predicted molar refractivity (Wildman–Crippen MR) is 112 cm³/mol. The van der Waals surface area contributed by atoms with Gasteiger partial charge in [0.05, 0.1) is 0 Å². The number of benzene rings is 2. The zero-order valence-corrected chi connectivity index (χ0v) is 16.5. The molecular weight excluding hydrogens is 326 g/mol. The predicted octanol–water partition coefficient (Wildman–Crippen LogP) is 4.57. The van der Waals surface area contributed by atoms with Gasteiger partial charge in [-0.2, -0.15) is 0 Å². The highest BCUT2D eigenvalue weighted by Gasteiger charge is 2.11. The van der Waals surface area contributed by atoms with Crippen LogP contribution >= 0.6 is 12.2 Å². The highest BCUT2D eigenvalue weighted by molar-refractivity contribution is 7.80. The summed E-state index contributed by atoms with van der Waals surface area (Å²) in [5, 5.41) is 4.16. The van der Waals surface area contributed by atoms with Crippen LogP contribution in [0.4, 0.5) is 5.69 Å². The van der Waals surface area contributed by atoms with Crippen molar-refractivity contribution in [2.24, 2.45) is 0 Å². The van der Waals surface area contributed by atoms with Crippen molar-refractivity contribution in [2.45, 2.75) is 26.3 Å². The Labute approximate surface area is 157 Å². The molecule has 4 heteroatoms. The number of hydrogen-bond acceptors (Lipinski definition) is 2. The summed E-state index contributed by atoms with van der Waals surface area (Å²) in [6.07, 6.45) is 0. The van der Waals surface area contributed by atoms with E-state index in [0.29, 0.717) is 5.92 Å². The fraction of sp³-hybridized carbons (Fsp3) is 0.381. The van der Waals surface area contributed by atoms with Gasteiger partial charge in [0.15, 0.2) is 5.11 Å². The van der Waals surface area contributed by atoms with Gasteiger partial charge in [-0.15, -0.1) is 0 Å². The molecule has 0 radical (unpaired) electrons. The fourth-order valence-corrected chi connectivity index (χ4v) is 2.80. The van der Waals surface area contributed by atoms with E-state index in [1.165, 1.54) is 11.1 Å². The van der Waals surface area contributed by atoms with Crippen molar-refractivity contribution >= 4 is 23.0 Å². The van der Waals surface area contributed by atoms with Crippen LogP contribution in [0.15, 0.2) is 54.6 Å². The lowest BCUT2D eigenvalue weighted by molar-refractivity contribution is 0.328. The number of nitrogens with zero attached hydrogens (tertiary/aromatic N) is 2. The second kappa shape index (κ2) is 9.54. The van der Waals surface area contributed by atoms with Gasteiger partial charge in [0.2, 0.25) is 0 Å². The molecule has 0 saturated heterocycles. The van der Waals surface area contributed by atoms with E-state index in [0.717, 1.165) is 30.4 Å². The summed E-state index contributed by atoms with van der Waals surface area (Å²) in [6.45, 7) is 7.06. The summed E-state index contributed by atoms with van der Waals surface area (Å²) in [5.41, 5.74) is 3.64. The first-order valence-corrected chi connectivity index (χ1v) is 9.21. The standard InChI is InChI=1S/C21H29N3S/c1-17(2)19-10-12-20(13-11-19)22-21(25)24(15-14-23(3)4)16-18-8-6-5-7-9-18/h5-13,17H,14-16H2,1-4H3,(H,22,25). The molecule has 3 nitrogen and oxygen atoms in total. The van der Waals surface area contributed by atoms with Crippen LogP contribution < -0.4 is 5.32 Å². The van der Waals surface area contributed by atoms with Gasteiger partial charge in [0.1, 0.15) is 0 Å². The molecule has 0 heterocycles. The third-order valence-corrected chi connectivity index (χ3v) is 4.51. The number of nitrogens with one attached hydrogen (secondary N) is 1. The van der Waals surface area contributed by atoms with Crippen LogP contribution in [0.1, 0.15) is 30.9 Å². The molecule has 2 aromatic rings. The van der Waals surface area contributed by atoms with Gasteiger partial charge >= 0.3 is 0 Å². The van der Waals surface area contributed by atoms with Gasteiger partial charge < -0.3 is 15.1 Å². The molecule has 0 unspecified atom stereocenters. The molecule has 0 aliphatic carbocycles. The average molecular weight is 356 g/mol. The maximum Gasteiger partial charge on any atom is 0.173 e. The van der Waals surface area contributed by atoms with E-state index in [4.69, 9.17) is 12.2 Å². The fourth-order valence-electron chi connectivity index (χ4n) is 2.53. The lowest BCUT2D eigenvalue weighted by Crippen LogP contribution is -2.38. The molecule has 0 atom stereocenters. The summed E-state index contributed by atoms with van der Waals surface area (Å²) in [5.74, 6) is 0.538. The first kappa shape index (κ1) is 19.4. The number of hydrogen-bond donors (Lipinski definition) is 1. The quantitative estimate of drug-likeness (QED) is 0.733. The molecule has 0 aromatic heterocycles. The molecule has 0 spiro atoms. The molecule has 2 aromatic carbocycles. The van der Waals surface area contributed by atoms with Crippen LogP contribution in [0.5, 0.6) is 0 Å². The molecule has 0 saturated carbocycles. The maximum atomic E-state index is 5.69. The van der Waals surface area contributed by atoms with Crippen LogP contribution in [0, 0.1) is 0 Å². The van der Waals surface area contributed by atoms with Crippen molar-refractivity contribution in [1.29, 1.82) is 0 Å². The summed E-state index contributed by atoms with van der Waals surface area (Å²) in [6, 6.07) is 19.0. The Balaban J connectivity index is 2.05. The number of rotatable bonds is 7. The van der Waals surface area contributed by atoms with E-state index >= 15 is 0 Å². The minimum atomic E-state index is 0.538. The average Bonchev–Trinajstić information content (AvgIpc) is 2.59. The molecule has 0 aliphatic rings. The smallest absolute Gasteiger partial charge is 0.173 e. The maximum absolute atomic E-state index is 5.69. The van der Waals surface area contributed by atoms with Gasteiger partial charge in [-0.3, -0.25) is 0 Å². The molecular formula is C21H29N3S. The van der Waals surface area contributed by atoms with E-state index in [1.54, 1.807) is 0 Å². The van der Waals surface area contributed by atoms with Crippen molar-refractivity contribution in [3.63, 3.8) is 0 Å². The number of anilines is 1. The lowest BCUT2D eigenvalue weighted by atomic mass is 10.0. The Kier molecular flexibility index (Phi) is 7.41. The second-order valence-electron chi connectivity index (χ2n) is 6.92. The van der Waals surface area contributed by atoms with Crippen LogP contribution in [-0.4, -0.2) is 42.1 Å². The van der Waals surface area contributed by atoms with E-state index in [9.17, 15) is 0 Å². The van der Waals surface area contributed by atoms with E-state index in [1.807, 2.05) is 6.07 Å². The summed E-state index contributed by atoms with van der Waals surface area (Å²) < 4.78 is 0. The van der Waals surface area contributed by atoms with Crippen LogP contribution in [0.2, 0.25) is 0 Å². The number of thiocarbonyl (C=S) groups is 1. The van der Waals surface area contributed by atoms with Gasteiger partial charge in [-0.05, 0) is 55.5 Å². The van der Waals surface area contributed by atoms with Gasteiger partial charge in [-0.25, -0.2) is 0 Å². The third-order valence-electron chi connectivity index (χ3n) is 4.15. The highest BCUT2D eigenvalue weighted by Crippen LogP contribution is 2.18. The Hall–Kier alpha value is -1.91. The van der Waals surface area contributed by atoms with Crippen LogP contribution in [0.25, 0.3) is 0 Å². The Morgan fingerprint density at radius 2 is 1.60 bits per heavy atom. The summed E-state index contributed by atoms with van der Waals surface area (Å²) in [7, 11) is 4.17. The minimum Gasteiger partial charge on any atom is -0.343 e. The van der Waals surface area contributed by atoms with Gasteiger partial charge in [-0.1, -0.05) is 56.3 Å². The van der Waals surface area contributed by atoms with Gasteiger partial charge in [0.25, 0.3) is 0 Å². The van der Waals surface area contributed by atoms with Crippen molar-refractivity contribution in [3.05, 3.63) is 65.7 Å². The van der Waals surface area contributed by atoms with Crippen LogP contribution in [0.3, 0.4) is 0 Å². The largest absolute Gasteiger partial charge is 0.343 e. The van der Waals surface area contributed by atoms with Crippen molar-refractivity contribution in [2.75, 3.05) is 32.5 Å². The van der Waals surface area contributed by atoms with Crippen molar-refractivity contribution in [3.8, 4) is 0 Å². The topological polar surface area (TPSA) is 18.5 Å². The lowest BCUT2D eigenvalue weighted by Gasteiger charge is -2.27. The molecule has 2 rings (SSSR count). The van der Waals surface area contributed by atoms with Crippen LogP contribution in [-0.2, 0) is 6.54 Å². The van der Waals surface area contributed by atoms with E-state index in [-0.39, 0.29) is 0 Å². The second-order valence-corrected chi connectivity index (χ2v) is 7.30. The Morgan fingerprint density at radius 3 is 2.16 bits per heavy atom. The minimum absolute atomic E-state index is 0.538. The highest BCUT2D eigenvalue weighted by atomic mass is 32.1. The third kappa shape index (κ3) is 6.48. The summed E-state index contributed by atoms with van der Waals surface area (Å²) in [4.78, 5) is 4.40. The SMILES string of the molecule is CC(C)c1ccc(NC(=S)N(CCN(C)C)Cc2ccccc2)cc1. The summed E-state index contributed by atoms with van der Waals surface area (Å²) >= 11 is 5.69. The molecule has 0 aliphatic heterocycles. The zero-order valence-electron chi connectivity index (χ0n) is 15.7. The van der Waals surface area contributed by atoms with Crippen molar-refractivity contribution < 1.29 is 0 Å². The molecule has 1 N–H and O–H groups in total. The van der Waals surface area contributed by atoms with E-state index < -0.39 is 0 Å².